The van der Waals surface area contributed by atoms with Crippen molar-refractivity contribution in [2.75, 3.05) is 0 Å². The fourth-order valence-corrected chi connectivity index (χ4v) is 0.586. The predicted octanol–water partition coefficient (Wildman–Crippen LogP) is 2.25. The van der Waals surface area contributed by atoms with Gasteiger partial charge in [-0.05, 0) is 19.8 Å². The smallest absolute Gasteiger partial charge is 0.00451 e. The van der Waals surface area contributed by atoms with Crippen LogP contribution in [0.25, 0.3) is 0 Å². The second-order valence-electron chi connectivity index (χ2n) is 2.48. The normalized spacial score (nSPS) is 15.1. The van der Waals surface area contributed by atoms with Crippen molar-refractivity contribution in [3.05, 3.63) is 24.3 Å². The van der Waals surface area contributed by atoms with Crippen molar-refractivity contribution in [3.63, 3.8) is 0 Å². The summed E-state index contributed by atoms with van der Waals surface area (Å²) in [5, 5.41) is 0. The summed E-state index contributed by atoms with van der Waals surface area (Å²) in [4.78, 5) is 0. The minimum absolute atomic E-state index is 0.284. The first-order valence-electron chi connectivity index (χ1n) is 3.84. The highest BCUT2D eigenvalue weighted by atomic mass is 14.6. The molecule has 0 saturated carbocycles. The van der Waals surface area contributed by atoms with Crippen LogP contribution < -0.4 is 5.73 Å². The molecule has 0 bridgehead atoms. The van der Waals surface area contributed by atoms with E-state index in [1.165, 1.54) is 0 Å². The Morgan fingerprint density at radius 2 is 1.90 bits per heavy atom. The third kappa shape index (κ3) is 7.44. The van der Waals surface area contributed by atoms with Crippen LogP contribution in [0, 0.1) is 0 Å². The molecule has 58 valence electrons. The van der Waals surface area contributed by atoms with Crippen molar-refractivity contribution >= 4 is 0 Å². The molecular formula is C9H17N. The van der Waals surface area contributed by atoms with Crippen LogP contribution >= 0.6 is 0 Å². The first-order chi connectivity index (χ1) is 4.77. The highest BCUT2D eigenvalue weighted by Crippen LogP contribution is 1.89. The van der Waals surface area contributed by atoms with Crippen LogP contribution in [0.15, 0.2) is 24.3 Å². The Morgan fingerprint density at radius 3 is 2.40 bits per heavy atom. The van der Waals surface area contributed by atoms with Crippen molar-refractivity contribution in [1.29, 1.82) is 0 Å². The van der Waals surface area contributed by atoms with Gasteiger partial charge in [0.2, 0.25) is 0 Å². The summed E-state index contributed by atoms with van der Waals surface area (Å²) in [7, 11) is 0. The molecule has 1 heteroatoms. The molecule has 2 N–H and O–H groups in total. The number of rotatable bonds is 4. The summed E-state index contributed by atoms with van der Waals surface area (Å²) in [5.74, 6) is 0. The molecule has 0 aromatic rings. The zero-order valence-corrected chi connectivity index (χ0v) is 6.88. The molecule has 0 heterocycles. The van der Waals surface area contributed by atoms with Gasteiger partial charge in [0.1, 0.15) is 0 Å². The lowest BCUT2D eigenvalue weighted by Crippen LogP contribution is -2.12. The average molecular weight is 139 g/mol. The van der Waals surface area contributed by atoms with Gasteiger partial charge in [0.25, 0.3) is 0 Å². The van der Waals surface area contributed by atoms with E-state index in [0.29, 0.717) is 0 Å². The van der Waals surface area contributed by atoms with E-state index in [9.17, 15) is 0 Å². The van der Waals surface area contributed by atoms with E-state index >= 15 is 0 Å². The average Bonchev–Trinajstić information content (AvgIpc) is 1.87. The third-order valence-corrected chi connectivity index (χ3v) is 1.13. The molecule has 0 aliphatic carbocycles. The summed E-state index contributed by atoms with van der Waals surface area (Å²) >= 11 is 0. The minimum Gasteiger partial charge on any atom is -0.328 e. The van der Waals surface area contributed by atoms with E-state index in [-0.39, 0.29) is 6.04 Å². The van der Waals surface area contributed by atoms with Crippen LogP contribution in [0.1, 0.15) is 26.7 Å². The Hall–Kier alpha value is -0.560. The Kier molecular flexibility index (Phi) is 6.19. The van der Waals surface area contributed by atoms with Crippen molar-refractivity contribution in [2.24, 2.45) is 5.73 Å². The van der Waals surface area contributed by atoms with Gasteiger partial charge >= 0.3 is 0 Å². The molecule has 1 atom stereocenters. The van der Waals surface area contributed by atoms with Gasteiger partial charge in [0.15, 0.2) is 0 Å². The quantitative estimate of drug-likeness (QED) is 0.594. The zero-order valence-electron chi connectivity index (χ0n) is 6.88. The maximum Gasteiger partial charge on any atom is 0.00451 e. The number of hydrogen-bond acceptors (Lipinski definition) is 1. The maximum absolute atomic E-state index is 5.53. The number of hydrogen-bond donors (Lipinski definition) is 1. The van der Waals surface area contributed by atoms with Gasteiger partial charge in [-0.15, -0.1) is 0 Å². The van der Waals surface area contributed by atoms with Crippen LogP contribution in [0.2, 0.25) is 0 Å². The standard InChI is InChI=1S/C9H17N/c1-3-4-5-6-7-8-9(2)10/h4-7,9H,3,8,10H2,1-2H3/b5-4+,7-6+. The van der Waals surface area contributed by atoms with Crippen molar-refractivity contribution in [3.8, 4) is 0 Å². The van der Waals surface area contributed by atoms with Crippen LogP contribution in [0.3, 0.4) is 0 Å². The van der Waals surface area contributed by atoms with Gasteiger partial charge in [-0.2, -0.15) is 0 Å². The molecule has 1 unspecified atom stereocenters. The SMILES string of the molecule is CC/C=C/C=C/CC(C)N. The Bertz CT molecular complexity index is 112. The first kappa shape index (κ1) is 9.44. The Labute approximate surface area is 63.6 Å². The van der Waals surface area contributed by atoms with Crippen molar-refractivity contribution < 1.29 is 0 Å². The van der Waals surface area contributed by atoms with Gasteiger partial charge in [-0.1, -0.05) is 31.2 Å². The van der Waals surface area contributed by atoms with Gasteiger partial charge in [-0.3, -0.25) is 0 Å². The highest BCUT2D eigenvalue weighted by molar-refractivity contribution is 5.02. The molecule has 0 saturated heterocycles. The zero-order chi connectivity index (χ0) is 7.82. The molecule has 0 rings (SSSR count). The summed E-state index contributed by atoms with van der Waals surface area (Å²) in [6.45, 7) is 4.13. The van der Waals surface area contributed by atoms with Crippen molar-refractivity contribution in [1.82, 2.24) is 0 Å². The van der Waals surface area contributed by atoms with E-state index in [0.717, 1.165) is 12.8 Å². The van der Waals surface area contributed by atoms with E-state index in [1.807, 2.05) is 13.0 Å². The van der Waals surface area contributed by atoms with Crippen LogP contribution in [-0.4, -0.2) is 6.04 Å². The first-order valence-corrected chi connectivity index (χ1v) is 3.84. The van der Waals surface area contributed by atoms with E-state index in [4.69, 9.17) is 5.73 Å². The fraction of sp³-hybridized carbons (Fsp3) is 0.556. The van der Waals surface area contributed by atoms with E-state index < -0.39 is 0 Å². The van der Waals surface area contributed by atoms with Crippen molar-refractivity contribution in [2.45, 2.75) is 32.7 Å². The van der Waals surface area contributed by atoms with Gasteiger partial charge in [0, 0.05) is 6.04 Å². The van der Waals surface area contributed by atoms with E-state index in [1.54, 1.807) is 0 Å². The van der Waals surface area contributed by atoms with E-state index in [2.05, 4.69) is 25.2 Å². The monoisotopic (exact) mass is 139 g/mol. The van der Waals surface area contributed by atoms with Gasteiger partial charge < -0.3 is 5.73 Å². The largest absolute Gasteiger partial charge is 0.328 e. The number of allylic oxidation sites excluding steroid dienone is 3. The molecule has 1 nitrogen and oxygen atoms in total. The fourth-order valence-electron chi connectivity index (χ4n) is 0.586. The molecule has 0 aromatic carbocycles. The summed E-state index contributed by atoms with van der Waals surface area (Å²) in [6, 6.07) is 0.284. The second kappa shape index (κ2) is 6.56. The summed E-state index contributed by atoms with van der Waals surface area (Å²) in [6.07, 6.45) is 10.4. The predicted molar refractivity (Wildman–Crippen MR) is 46.8 cm³/mol. The Morgan fingerprint density at radius 1 is 1.30 bits per heavy atom. The maximum atomic E-state index is 5.53. The molecule has 0 aromatic heterocycles. The van der Waals surface area contributed by atoms with Crippen LogP contribution in [0.4, 0.5) is 0 Å². The summed E-state index contributed by atoms with van der Waals surface area (Å²) < 4.78 is 0. The molecule has 0 amide bonds. The topological polar surface area (TPSA) is 26.0 Å². The van der Waals surface area contributed by atoms with Gasteiger partial charge in [0.05, 0.1) is 0 Å². The lowest BCUT2D eigenvalue weighted by Gasteiger charge is -1.95. The highest BCUT2D eigenvalue weighted by Gasteiger charge is 1.84. The minimum atomic E-state index is 0.284. The van der Waals surface area contributed by atoms with Crippen LogP contribution in [0.5, 0.6) is 0 Å². The lowest BCUT2D eigenvalue weighted by atomic mass is 10.2. The number of nitrogens with two attached hydrogens (primary N) is 1. The van der Waals surface area contributed by atoms with Gasteiger partial charge in [-0.25, -0.2) is 0 Å². The third-order valence-electron chi connectivity index (χ3n) is 1.13. The molecule has 0 aliphatic rings. The summed E-state index contributed by atoms with van der Waals surface area (Å²) in [5.41, 5.74) is 5.53. The lowest BCUT2D eigenvalue weighted by molar-refractivity contribution is 0.757. The molecule has 0 fully saturated rings. The second-order valence-corrected chi connectivity index (χ2v) is 2.48. The molecule has 10 heavy (non-hydrogen) atoms. The molecule has 0 radical (unpaired) electrons. The molecule has 0 spiro atoms. The molecular weight excluding hydrogens is 122 g/mol. The molecule has 0 aliphatic heterocycles. The Balaban J connectivity index is 3.28. The van der Waals surface area contributed by atoms with Crippen LogP contribution in [-0.2, 0) is 0 Å².